The molecule has 1 aromatic carbocycles. The highest BCUT2D eigenvalue weighted by Gasteiger charge is 2.30. The number of aliphatic hydroxyl groups excluding tert-OH is 2. The molecule has 2 N–H and O–H groups in total. The average molecular weight is 328 g/mol. The normalized spacial score (nSPS) is 16.8. The van der Waals surface area contributed by atoms with Gasteiger partial charge in [-0.15, -0.1) is 0 Å². The highest BCUT2D eigenvalue weighted by molar-refractivity contribution is 9.10. The summed E-state index contributed by atoms with van der Waals surface area (Å²) < 4.78 is 1.00. The summed E-state index contributed by atoms with van der Waals surface area (Å²) in [6.45, 7) is 1.91. The summed E-state index contributed by atoms with van der Waals surface area (Å²) in [5, 5.41) is 19.2. The maximum atomic E-state index is 10.3. The summed E-state index contributed by atoms with van der Waals surface area (Å²) in [4.78, 5) is 2.36. The molecule has 0 aliphatic heterocycles. The molecule has 0 aromatic heterocycles. The van der Waals surface area contributed by atoms with E-state index in [9.17, 15) is 5.11 Å². The van der Waals surface area contributed by atoms with Gasteiger partial charge >= 0.3 is 0 Å². The molecular formula is C15H22BrNO2. The number of hydrogen-bond acceptors (Lipinski definition) is 3. The Morgan fingerprint density at radius 1 is 1.32 bits per heavy atom. The molecule has 19 heavy (non-hydrogen) atoms. The Bertz CT molecular complexity index is 395. The van der Waals surface area contributed by atoms with Crippen LogP contribution in [0.4, 0.5) is 0 Å². The highest BCUT2D eigenvalue weighted by atomic mass is 79.9. The first kappa shape index (κ1) is 15.0. The second-order valence-electron chi connectivity index (χ2n) is 5.23. The summed E-state index contributed by atoms with van der Waals surface area (Å²) >= 11 is 3.44. The fraction of sp³-hybridized carbons (Fsp3) is 0.600. The third-order valence-corrected chi connectivity index (χ3v) is 4.05. The van der Waals surface area contributed by atoms with Gasteiger partial charge < -0.3 is 10.2 Å². The Morgan fingerprint density at radius 3 is 2.74 bits per heavy atom. The summed E-state index contributed by atoms with van der Waals surface area (Å²) in [5.74, 6) is 0. The molecule has 1 aliphatic carbocycles. The lowest BCUT2D eigenvalue weighted by molar-refractivity contribution is 0.106. The number of halogens is 1. The van der Waals surface area contributed by atoms with Crippen molar-refractivity contribution < 1.29 is 10.2 Å². The zero-order valence-corrected chi connectivity index (χ0v) is 12.7. The molecular weight excluding hydrogens is 306 g/mol. The lowest BCUT2D eigenvalue weighted by Gasteiger charge is -2.25. The van der Waals surface area contributed by atoms with Crippen molar-refractivity contribution in [1.82, 2.24) is 4.90 Å². The minimum atomic E-state index is -0.438. The summed E-state index contributed by atoms with van der Waals surface area (Å²) in [6, 6.07) is 8.50. The number of rotatable bonds is 8. The lowest BCUT2D eigenvalue weighted by atomic mass is 10.1. The minimum absolute atomic E-state index is 0.257. The molecule has 1 saturated carbocycles. The highest BCUT2D eigenvalue weighted by Crippen LogP contribution is 2.29. The van der Waals surface area contributed by atoms with E-state index in [-0.39, 0.29) is 6.61 Å². The Kier molecular flexibility index (Phi) is 5.82. The van der Waals surface area contributed by atoms with Gasteiger partial charge in [0.25, 0.3) is 0 Å². The topological polar surface area (TPSA) is 43.7 Å². The molecule has 4 heteroatoms. The monoisotopic (exact) mass is 327 g/mol. The Balaban J connectivity index is 1.89. The third-order valence-electron chi connectivity index (χ3n) is 3.56. The van der Waals surface area contributed by atoms with Crippen LogP contribution in [0.5, 0.6) is 0 Å². The molecule has 0 radical (unpaired) electrons. The summed E-state index contributed by atoms with van der Waals surface area (Å²) in [6.07, 6.45) is 3.88. The van der Waals surface area contributed by atoms with Gasteiger partial charge in [-0.05, 0) is 49.9 Å². The van der Waals surface area contributed by atoms with Crippen molar-refractivity contribution in [1.29, 1.82) is 0 Å². The first-order valence-electron chi connectivity index (χ1n) is 6.99. The van der Waals surface area contributed by atoms with Crippen molar-refractivity contribution in [2.75, 3.05) is 19.7 Å². The van der Waals surface area contributed by atoms with Crippen molar-refractivity contribution in [3.8, 4) is 0 Å². The lowest BCUT2D eigenvalue weighted by Crippen LogP contribution is -2.32. The van der Waals surface area contributed by atoms with Crippen LogP contribution in [-0.4, -0.2) is 40.9 Å². The van der Waals surface area contributed by atoms with E-state index in [0.717, 1.165) is 29.4 Å². The van der Waals surface area contributed by atoms with Gasteiger partial charge in [0.15, 0.2) is 0 Å². The van der Waals surface area contributed by atoms with E-state index in [1.54, 1.807) is 0 Å². The van der Waals surface area contributed by atoms with Gasteiger partial charge in [-0.3, -0.25) is 4.90 Å². The van der Waals surface area contributed by atoms with Crippen LogP contribution >= 0.6 is 15.9 Å². The van der Waals surface area contributed by atoms with E-state index in [1.807, 2.05) is 24.3 Å². The van der Waals surface area contributed by atoms with Crippen LogP contribution in [0.3, 0.4) is 0 Å². The number of nitrogens with zero attached hydrogens (tertiary/aromatic N) is 1. The Morgan fingerprint density at radius 2 is 2.11 bits per heavy atom. The number of aliphatic hydroxyl groups is 2. The van der Waals surface area contributed by atoms with Crippen molar-refractivity contribution in [3.63, 3.8) is 0 Å². The van der Waals surface area contributed by atoms with Crippen LogP contribution in [0.25, 0.3) is 0 Å². The van der Waals surface area contributed by atoms with E-state index in [1.165, 1.54) is 12.8 Å². The molecule has 0 saturated heterocycles. The van der Waals surface area contributed by atoms with Crippen LogP contribution in [0.1, 0.15) is 37.4 Å². The molecule has 2 rings (SSSR count). The standard InChI is InChI=1S/C15H22BrNO2/c16-13-5-3-4-12(10-13)15(19)11-17(14-6-7-14)8-1-2-9-18/h3-5,10,14-15,18-19H,1-2,6-9,11H2. The van der Waals surface area contributed by atoms with Crippen molar-refractivity contribution in [2.45, 2.75) is 37.8 Å². The average Bonchev–Trinajstić information content (AvgIpc) is 3.22. The van der Waals surface area contributed by atoms with Gasteiger partial charge in [0.05, 0.1) is 6.10 Å². The molecule has 1 aromatic rings. The van der Waals surface area contributed by atoms with E-state index in [0.29, 0.717) is 12.6 Å². The summed E-state index contributed by atoms with van der Waals surface area (Å²) in [7, 11) is 0. The molecule has 1 fully saturated rings. The van der Waals surface area contributed by atoms with E-state index in [2.05, 4.69) is 20.8 Å². The first-order chi connectivity index (χ1) is 9.20. The fourth-order valence-corrected chi connectivity index (χ4v) is 2.75. The quantitative estimate of drug-likeness (QED) is 0.721. The molecule has 1 aliphatic rings. The number of benzene rings is 1. The second-order valence-corrected chi connectivity index (χ2v) is 6.14. The smallest absolute Gasteiger partial charge is 0.0917 e. The molecule has 1 unspecified atom stereocenters. The summed E-state index contributed by atoms with van der Waals surface area (Å²) in [5.41, 5.74) is 0.960. The molecule has 0 bridgehead atoms. The predicted molar refractivity (Wildman–Crippen MR) is 80.0 cm³/mol. The Labute approximate surface area is 123 Å². The van der Waals surface area contributed by atoms with E-state index >= 15 is 0 Å². The SMILES string of the molecule is OCCCCN(CC(O)c1cccc(Br)c1)C1CC1. The van der Waals surface area contributed by atoms with E-state index in [4.69, 9.17) is 5.11 Å². The molecule has 0 spiro atoms. The third kappa shape index (κ3) is 4.88. The largest absolute Gasteiger partial charge is 0.396 e. The van der Waals surface area contributed by atoms with Gasteiger partial charge in [-0.25, -0.2) is 0 Å². The maximum Gasteiger partial charge on any atom is 0.0917 e. The van der Waals surface area contributed by atoms with E-state index < -0.39 is 6.10 Å². The van der Waals surface area contributed by atoms with Crippen LogP contribution in [0.15, 0.2) is 28.7 Å². The van der Waals surface area contributed by atoms with Crippen LogP contribution in [0.2, 0.25) is 0 Å². The first-order valence-corrected chi connectivity index (χ1v) is 7.78. The zero-order valence-electron chi connectivity index (χ0n) is 11.1. The fourth-order valence-electron chi connectivity index (χ4n) is 2.33. The number of hydrogen-bond donors (Lipinski definition) is 2. The van der Waals surface area contributed by atoms with Gasteiger partial charge in [-0.1, -0.05) is 28.1 Å². The minimum Gasteiger partial charge on any atom is -0.396 e. The molecule has 0 amide bonds. The number of unbranched alkanes of at least 4 members (excludes halogenated alkanes) is 1. The molecule has 0 heterocycles. The van der Waals surface area contributed by atoms with Crippen LogP contribution < -0.4 is 0 Å². The second kappa shape index (κ2) is 7.39. The predicted octanol–water partition coefficient (Wildman–Crippen LogP) is 2.72. The molecule has 1 atom stereocenters. The van der Waals surface area contributed by atoms with Crippen molar-refractivity contribution in [3.05, 3.63) is 34.3 Å². The van der Waals surface area contributed by atoms with Crippen molar-refractivity contribution >= 4 is 15.9 Å². The zero-order chi connectivity index (χ0) is 13.7. The van der Waals surface area contributed by atoms with Gasteiger partial charge in [-0.2, -0.15) is 0 Å². The van der Waals surface area contributed by atoms with Gasteiger partial charge in [0, 0.05) is 23.7 Å². The van der Waals surface area contributed by atoms with Gasteiger partial charge in [0.1, 0.15) is 0 Å². The van der Waals surface area contributed by atoms with Crippen LogP contribution in [0, 0.1) is 0 Å². The van der Waals surface area contributed by atoms with Crippen LogP contribution in [-0.2, 0) is 0 Å². The molecule has 3 nitrogen and oxygen atoms in total. The van der Waals surface area contributed by atoms with Gasteiger partial charge in [0.2, 0.25) is 0 Å². The Hall–Kier alpha value is -0.420. The maximum absolute atomic E-state index is 10.3. The van der Waals surface area contributed by atoms with Crippen molar-refractivity contribution in [2.24, 2.45) is 0 Å². The molecule has 106 valence electrons.